The van der Waals surface area contributed by atoms with Crippen molar-refractivity contribution >= 4 is 0 Å². The SMILES string of the molecule is CCNC1CCCOc2c1cc(OC)cc2C(C)(C)C. The molecule has 1 N–H and O–H groups in total. The summed E-state index contributed by atoms with van der Waals surface area (Å²) in [6.45, 7) is 10.6. The molecule has 2 rings (SSSR count). The quantitative estimate of drug-likeness (QED) is 0.911. The number of hydrogen-bond donors (Lipinski definition) is 1. The molecule has 0 bridgehead atoms. The van der Waals surface area contributed by atoms with Crippen molar-refractivity contribution < 1.29 is 9.47 Å². The zero-order chi connectivity index (χ0) is 14.8. The number of ether oxygens (including phenoxy) is 2. The minimum Gasteiger partial charge on any atom is -0.497 e. The van der Waals surface area contributed by atoms with E-state index in [4.69, 9.17) is 9.47 Å². The number of benzene rings is 1. The Hall–Kier alpha value is -1.22. The lowest BCUT2D eigenvalue weighted by molar-refractivity contribution is 0.306. The Balaban J connectivity index is 2.58. The summed E-state index contributed by atoms with van der Waals surface area (Å²) in [6, 6.07) is 4.60. The number of fused-ring (bicyclic) bond motifs is 1. The summed E-state index contributed by atoms with van der Waals surface area (Å²) in [4.78, 5) is 0. The van der Waals surface area contributed by atoms with Crippen LogP contribution in [0.3, 0.4) is 0 Å². The van der Waals surface area contributed by atoms with E-state index >= 15 is 0 Å². The molecule has 0 radical (unpaired) electrons. The molecule has 0 aromatic heterocycles. The number of hydrogen-bond acceptors (Lipinski definition) is 3. The molecular formula is C17H27NO2. The Kier molecular flexibility index (Phi) is 4.59. The van der Waals surface area contributed by atoms with Gasteiger partial charge in [0.2, 0.25) is 0 Å². The molecule has 1 atom stereocenters. The molecule has 1 aliphatic rings. The highest BCUT2D eigenvalue weighted by atomic mass is 16.5. The van der Waals surface area contributed by atoms with Gasteiger partial charge in [-0.1, -0.05) is 27.7 Å². The van der Waals surface area contributed by atoms with Gasteiger partial charge in [0.05, 0.1) is 13.7 Å². The molecule has 1 aromatic rings. The lowest BCUT2D eigenvalue weighted by Crippen LogP contribution is -2.21. The Bertz CT molecular complexity index is 463. The van der Waals surface area contributed by atoms with E-state index < -0.39 is 0 Å². The zero-order valence-corrected chi connectivity index (χ0v) is 13.4. The molecular weight excluding hydrogens is 250 g/mol. The first kappa shape index (κ1) is 15.2. The highest BCUT2D eigenvalue weighted by Crippen LogP contribution is 2.42. The van der Waals surface area contributed by atoms with Gasteiger partial charge in [0.1, 0.15) is 11.5 Å². The highest BCUT2D eigenvalue weighted by molar-refractivity contribution is 5.52. The van der Waals surface area contributed by atoms with Gasteiger partial charge in [0.15, 0.2) is 0 Å². The molecule has 0 saturated carbocycles. The van der Waals surface area contributed by atoms with Gasteiger partial charge < -0.3 is 14.8 Å². The largest absolute Gasteiger partial charge is 0.497 e. The fourth-order valence-corrected chi connectivity index (χ4v) is 2.79. The Morgan fingerprint density at radius 3 is 2.70 bits per heavy atom. The lowest BCUT2D eigenvalue weighted by atomic mass is 9.84. The molecule has 0 aliphatic carbocycles. The van der Waals surface area contributed by atoms with Crippen LogP contribution in [0, 0.1) is 0 Å². The van der Waals surface area contributed by atoms with E-state index in [1.165, 1.54) is 11.1 Å². The molecule has 3 nitrogen and oxygen atoms in total. The topological polar surface area (TPSA) is 30.5 Å². The molecule has 0 amide bonds. The molecule has 20 heavy (non-hydrogen) atoms. The molecule has 0 fully saturated rings. The molecule has 112 valence electrons. The first-order valence-corrected chi connectivity index (χ1v) is 7.56. The summed E-state index contributed by atoms with van der Waals surface area (Å²) in [5.41, 5.74) is 2.52. The van der Waals surface area contributed by atoms with Crippen LogP contribution >= 0.6 is 0 Å². The summed E-state index contributed by atoms with van der Waals surface area (Å²) >= 11 is 0. The second-order valence-electron chi connectivity index (χ2n) is 6.44. The summed E-state index contributed by atoms with van der Waals surface area (Å²) in [7, 11) is 1.73. The van der Waals surface area contributed by atoms with Crippen molar-refractivity contribution in [1.29, 1.82) is 0 Å². The van der Waals surface area contributed by atoms with Crippen LogP contribution in [0.25, 0.3) is 0 Å². The Morgan fingerprint density at radius 1 is 1.35 bits per heavy atom. The number of rotatable bonds is 3. The number of nitrogens with one attached hydrogen (secondary N) is 1. The van der Waals surface area contributed by atoms with Crippen molar-refractivity contribution in [2.45, 2.75) is 52.0 Å². The third-order valence-corrected chi connectivity index (χ3v) is 3.84. The molecule has 0 saturated heterocycles. The maximum Gasteiger partial charge on any atom is 0.128 e. The summed E-state index contributed by atoms with van der Waals surface area (Å²) in [5, 5.41) is 3.58. The van der Waals surface area contributed by atoms with Crippen molar-refractivity contribution in [2.24, 2.45) is 0 Å². The van der Waals surface area contributed by atoms with Crippen LogP contribution in [0.4, 0.5) is 0 Å². The maximum atomic E-state index is 6.09. The predicted octanol–water partition coefficient (Wildman–Crippen LogP) is 3.82. The molecule has 1 heterocycles. The third kappa shape index (κ3) is 3.09. The van der Waals surface area contributed by atoms with Crippen LogP contribution in [0.2, 0.25) is 0 Å². The minimum absolute atomic E-state index is 0.0414. The van der Waals surface area contributed by atoms with Crippen molar-refractivity contribution in [3.05, 3.63) is 23.3 Å². The molecule has 1 unspecified atom stereocenters. The third-order valence-electron chi connectivity index (χ3n) is 3.84. The smallest absolute Gasteiger partial charge is 0.128 e. The van der Waals surface area contributed by atoms with E-state index in [1.807, 2.05) is 0 Å². The molecule has 0 spiro atoms. The molecule has 3 heteroatoms. The first-order valence-electron chi connectivity index (χ1n) is 7.56. The summed E-state index contributed by atoms with van der Waals surface area (Å²) < 4.78 is 11.6. The van der Waals surface area contributed by atoms with E-state index in [2.05, 4.69) is 45.1 Å². The fraction of sp³-hybridized carbons (Fsp3) is 0.647. The van der Waals surface area contributed by atoms with Gasteiger partial charge in [-0.3, -0.25) is 0 Å². The average Bonchev–Trinajstić information content (AvgIpc) is 2.59. The fourth-order valence-electron chi connectivity index (χ4n) is 2.79. The highest BCUT2D eigenvalue weighted by Gasteiger charge is 2.28. The van der Waals surface area contributed by atoms with Gasteiger partial charge in [-0.15, -0.1) is 0 Å². The van der Waals surface area contributed by atoms with E-state index in [9.17, 15) is 0 Å². The summed E-state index contributed by atoms with van der Waals surface area (Å²) in [5.74, 6) is 1.98. The minimum atomic E-state index is 0.0414. The zero-order valence-electron chi connectivity index (χ0n) is 13.4. The first-order chi connectivity index (χ1) is 9.47. The van der Waals surface area contributed by atoms with Gasteiger partial charge in [-0.25, -0.2) is 0 Å². The maximum absolute atomic E-state index is 6.09. The van der Waals surface area contributed by atoms with Crippen LogP contribution in [0.5, 0.6) is 11.5 Å². The van der Waals surface area contributed by atoms with Gasteiger partial charge in [-0.2, -0.15) is 0 Å². The normalized spacial score (nSPS) is 18.9. The van der Waals surface area contributed by atoms with Gasteiger partial charge in [0.25, 0.3) is 0 Å². The van der Waals surface area contributed by atoms with Crippen LogP contribution in [0.15, 0.2) is 12.1 Å². The van der Waals surface area contributed by atoms with Crippen molar-refractivity contribution in [2.75, 3.05) is 20.3 Å². The average molecular weight is 277 g/mol. The van der Waals surface area contributed by atoms with Crippen LogP contribution in [0.1, 0.15) is 57.7 Å². The van der Waals surface area contributed by atoms with Crippen LogP contribution < -0.4 is 14.8 Å². The second kappa shape index (κ2) is 6.04. The van der Waals surface area contributed by atoms with Crippen LogP contribution in [-0.2, 0) is 5.41 Å². The Labute approximate surface area is 122 Å². The van der Waals surface area contributed by atoms with E-state index in [0.29, 0.717) is 6.04 Å². The van der Waals surface area contributed by atoms with Crippen LogP contribution in [-0.4, -0.2) is 20.3 Å². The van der Waals surface area contributed by atoms with Crippen molar-refractivity contribution in [1.82, 2.24) is 5.32 Å². The second-order valence-corrected chi connectivity index (χ2v) is 6.44. The van der Waals surface area contributed by atoms with E-state index in [-0.39, 0.29) is 5.41 Å². The van der Waals surface area contributed by atoms with Gasteiger partial charge >= 0.3 is 0 Å². The van der Waals surface area contributed by atoms with E-state index in [1.54, 1.807) is 7.11 Å². The predicted molar refractivity (Wildman–Crippen MR) is 82.8 cm³/mol. The molecule has 1 aliphatic heterocycles. The van der Waals surface area contributed by atoms with E-state index in [0.717, 1.165) is 37.5 Å². The van der Waals surface area contributed by atoms with Crippen molar-refractivity contribution in [3.63, 3.8) is 0 Å². The van der Waals surface area contributed by atoms with Gasteiger partial charge in [0, 0.05) is 17.2 Å². The number of methoxy groups -OCH3 is 1. The summed E-state index contributed by atoms with van der Waals surface area (Å²) in [6.07, 6.45) is 2.19. The Morgan fingerprint density at radius 2 is 2.10 bits per heavy atom. The van der Waals surface area contributed by atoms with Gasteiger partial charge in [-0.05, 0) is 36.9 Å². The van der Waals surface area contributed by atoms with Crippen molar-refractivity contribution in [3.8, 4) is 11.5 Å². The monoisotopic (exact) mass is 277 g/mol. The lowest BCUT2D eigenvalue weighted by Gasteiger charge is -2.27. The standard InChI is InChI=1S/C17H27NO2/c1-6-18-15-8-7-9-20-16-13(15)10-12(19-5)11-14(16)17(2,3)4/h10-11,15,18H,6-9H2,1-5H3. The molecule has 1 aromatic carbocycles.